The Kier molecular flexibility index (Phi) is 11.7. The molecular formula is C47H56ClN5O10S. The topological polar surface area (TPSA) is 194 Å². The van der Waals surface area contributed by atoms with Gasteiger partial charge in [0.05, 0.1) is 36.7 Å². The largest absolute Gasteiger partial charge is 0.497 e. The van der Waals surface area contributed by atoms with Gasteiger partial charge in [-0.2, -0.15) is 0 Å². The van der Waals surface area contributed by atoms with E-state index in [1.165, 1.54) is 16.9 Å². The molecule has 342 valence electrons. The van der Waals surface area contributed by atoms with E-state index in [9.17, 15) is 27.9 Å². The number of aromatic nitrogens is 1. The van der Waals surface area contributed by atoms with Crippen LogP contribution in [-0.2, 0) is 24.4 Å². The van der Waals surface area contributed by atoms with Crippen LogP contribution >= 0.6 is 11.6 Å². The lowest BCUT2D eigenvalue weighted by Gasteiger charge is -2.40. The number of ether oxygens (including phenoxy) is 3. The van der Waals surface area contributed by atoms with E-state index in [4.69, 9.17) is 30.8 Å². The number of carbonyl (C=O) groups is 4. The van der Waals surface area contributed by atoms with E-state index in [1.54, 1.807) is 25.3 Å². The van der Waals surface area contributed by atoms with Crippen LogP contribution < -0.4 is 24.2 Å². The number of hydrogen-bond donors (Lipinski definition) is 3. The lowest BCUT2D eigenvalue weighted by molar-refractivity contribution is -0.145. The molecule has 4 aliphatic carbocycles. The third kappa shape index (κ3) is 8.59. The number of pyridine rings is 1. The van der Waals surface area contributed by atoms with Crippen LogP contribution in [0.1, 0.15) is 78.1 Å². The molecule has 2 aliphatic heterocycles. The fourth-order valence-corrected chi connectivity index (χ4v) is 12.3. The van der Waals surface area contributed by atoms with Crippen molar-refractivity contribution in [2.75, 3.05) is 20.8 Å². The Morgan fingerprint density at radius 2 is 1.75 bits per heavy atom. The van der Waals surface area contributed by atoms with Crippen molar-refractivity contribution in [3.05, 3.63) is 59.6 Å². The minimum Gasteiger partial charge on any atom is -0.497 e. The predicted molar refractivity (Wildman–Crippen MR) is 238 cm³/mol. The summed E-state index contributed by atoms with van der Waals surface area (Å²) in [6.07, 6.45) is 7.31. The second-order valence-electron chi connectivity index (χ2n) is 19.0. The molecule has 0 bridgehead atoms. The number of carboxylic acid groups (broad SMARTS) is 1. The smallest absolute Gasteiger partial charge is 0.408 e. The molecule has 0 spiro atoms. The highest BCUT2D eigenvalue weighted by Gasteiger charge is 2.62. The van der Waals surface area contributed by atoms with Gasteiger partial charge >= 0.3 is 6.09 Å². The van der Waals surface area contributed by atoms with Crippen LogP contribution in [0.15, 0.2) is 54.6 Å². The molecule has 4 saturated carbocycles. The number of amides is 4. The van der Waals surface area contributed by atoms with Crippen LogP contribution in [0.5, 0.6) is 17.4 Å². The number of fused-ring (bicyclic) bond motifs is 4. The summed E-state index contributed by atoms with van der Waals surface area (Å²) >= 11 is 6.55. The van der Waals surface area contributed by atoms with Crippen molar-refractivity contribution in [3.63, 3.8) is 0 Å². The first-order valence-electron chi connectivity index (χ1n) is 22.4. The van der Waals surface area contributed by atoms with E-state index < -0.39 is 74.7 Å². The van der Waals surface area contributed by atoms with Gasteiger partial charge < -0.3 is 29.5 Å². The van der Waals surface area contributed by atoms with E-state index in [0.717, 1.165) is 18.2 Å². The molecule has 15 nitrogen and oxygen atoms in total. The third-order valence-electron chi connectivity index (χ3n) is 14.4. The summed E-state index contributed by atoms with van der Waals surface area (Å²) in [7, 11) is -0.849. The maximum atomic E-state index is 15.5. The van der Waals surface area contributed by atoms with Crippen LogP contribution in [0.3, 0.4) is 0 Å². The van der Waals surface area contributed by atoms with Gasteiger partial charge in [0, 0.05) is 29.3 Å². The molecule has 4 amide bonds. The summed E-state index contributed by atoms with van der Waals surface area (Å²) in [5.41, 5.74) is -0.359. The van der Waals surface area contributed by atoms with Gasteiger partial charge in [0.15, 0.2) is 0 Å². The molecule has 5 fully saturated rings. The van der Waals surface area contributed by atoms with E-state index in [2.05, 4.69) is 17.0 Å². The zero-order chi connectivity index (χ0) is 45.2. The van der Waals surface area contributed by atoms with Gasteiger partial charge in [-0.3, -0.25) is 24.0 Å². The van der Waals surface area contributed by atoms with Gasteiger partial charge in [0.2, 0.25) is 27.7 Å². The van der Waals surface area contributed by atoms with Crippen molar-refractivity contribution < 1.29 is 46.9 Å². The normalized spacial score (nSPS) is 31.9. The van der Waals surface area contributed by atoms with E-state index in [0.29, 0.717) is 83.5 Å². The zero-order valence-electron chi connectivity index (χ0n) is 36.5. The fraction of sp³-hybridized carbons (Fsp3) is 0.553. The Bertz CT molecular complexity index is 2510. The highest BCUT2D eigenvalue weighted by Crippen LogP contribution is 2.54. The summed E-state index contributed by atoms with van der Waals surface area (Å²) in [6, 6.07) is 10.0. The van der Waals surface area contributed by atoms with Gasteiger partial charge in [-0.25, -0.2) is 18.2 Å². The fourth-order valence-electron chi connectivity index (χ4n) is 10.6. The van der Waals surface area contributed by atoms with Crippen LogP contribution in [0.2, 0.25) is 5.02 Å². The first kappa shape index (κ1) is 44.1. The number of allylic oxidation sites excluding steroid dienone is 1. The molecular weight excluding hydrogens is 862 g/mol. The molecule has 1 saturated heterocycles. The summed E-state index contributed by atoms with van der Waals surface area (Å²) in [6.45, 7) is 3.93. The van der Waals surface area contributed by atoms with Crippen molar-refractivity contribution in [3.8, 4) is 28.6 Å². The van der Waals surface area contributed by atoms with Crippen molar-refractivity contribution in [1.29, 1.82) is 0 Å². The highest BCUT2D eigenvalue weighted by atomic mass is 35.5. The second-order valence-corrected chi connectivity index (χ2v) is 21.4. The van der Waals surface area contributed by atoms with Crippen LogP contribution in [0.4, 0.5) is 4.79 Å². The predicted octanol–water partition coefficient (Wildman–Crippen LogP) is 6.56. The zero-order valence-corrected chi connectivity index (χ0v) is 38.1. The van der Waals surface area contributed by atoms with Crippen molar-refractivity contribution in [2.45, 2.75) is 113 Å². The van der Waals surface area contributed by atoms with Crippen LogP contribution in [-0.4, -0.2) is 108 Å². The quantitative estimate of drug-likeness (QED) is 0.187. The number of benzene rings is 2. The molecule has 1 unspecified atom stereocenters. The van der Waals surface area contributed by atoms with Crippen LogP contribution in [0, 0.1) is 29.6 Å². The third-order valence-corrected chi connectivity index (χ3v) is 16.5. The molecule has 6 aliphatic rings. The van der Waals surface area contributed by atoms with Gasteiger partial charge in [0.1, 0.15) is 35.2 Å². The Balaban J connectivity index is 1.10. The Labute approximate surface area is 378 Å². The van der Waals surface area contributed by atoms with E-state index >= 15 is 4.79 Å². The van der Waals surface area contributed by atoms with Crippen molar-refractivity contribution in [1.82, 2.24) is 24.8 Å². The maximum Gasteiger partial charge on any atom is 0.408 e. The maximum absolute atomic E-state index is 15.5. The molecule has 3 N–H and O–H groups in total. The van der Waals surface area contributed by atoms with Crippen molar-refractivity contribution >= 4 is 56.2 Å². The molecule has 3 aromatic rings. The number of nitrogens with zero attached hydrogens (tertiary/aromatic N) is 3. The molecule has 3 heterocycles. The molecule has 9 rings (SSSR count). The molecule has 10 atom stereocenters. The molecule has 0 radical (unpaired) electrons. The number of nitrogens with one attached hydrogen (secondary N) is 2. The summed E-state index contributed by atoms with van der Waals surface area (Å²) in [5.74, 6) is -0.534. The first-order valence-corrected chi connectivity index (χ1v) is 24.4. The number of sulfonamides is 1. The summed E-state index contributed by atoms with van der Waals surface area (Å²) < 4.78 is 46.1. The number of halogens is 1. The standard InChI is InChI=1S/C47H56ClN5O10S/c1-25-7-5-6-8-31-23-47(31,45(56)51-64(59,60)35-11-12-35)50-42(54)39-22-34(24-52(39)44(55)41(26(2)15-25)53(46(57)58)32-17-28-16-29(28)18-32)63-43-36-13-10-33(61-3)19-30(36)21-38(49-43)27-9-14-40(62-4)37(48)20-27/h6,8-10,13-14,19-21,25-26,28-29,31-32,34-35,39,41H,5,7,11-12,15-18,22-24H2,1-4H3,(H,50,54)(H,51,56)(H,57,58)/b8-6-/t25-,26-,28+,29?,31-,32-,34-,39+,41+,47-/m1/s1. The monoisotopic (exact) mass is 917 g/mol. The molecule has 2 aromatic carbocycles. The summed E-state index contributed by atoms with van der Waals surface area (Å²) in [4.78, 5) is 65.5. The second kappa shape index (κ2) is 17.0. The Morgan fingerprint density at radius 1 is 0.984 bits per heavy atom. The lowest BCUT2D eigenvalue weighted by Crippen LogP contribution is -2.61. The lowest BCUT2D eigenvalue weighted by atomic mass is 9.86. The van der Waals surface area contributed by atoms with E-state index in [1.807, 2.05) is 43.3 Å². The van der Waals surface area contributed by atoms with Gasteiger partial charge in [0.25, 0.3) is 5.91 Å². The average molecular weight is 919 g/mol. The number of hydrogen-bond acceptors (Lipinski definition) is 10. The van der Waals surface area contributed by atoms with Crippen LogP contribution in [0.25, 0.3) is 22.0 Å². The van der Waals surface area contributed by atoms with Gasteiger partial charge in [-0.1, -0.05) is 37.6 Å². The number of methoxy groups -OCH3 is 2. The molecule has 17 heteroatoms. The minimum atomic E-state index is -3.95. The van der Waals surface area contributed by atoms with Crippen molar-refractivity contribution in [2.24, 2.45) is 29.6 Å². The summed E-state index contributed by atoms with van der Waals surface area (Å²) in [5, 5.41) is 15.0. The molecule has 1 aromatic heterocycles. The molecule has 64 heavy (non-hydrogen) atoms. The Morgan fingerprint density at radius 3 is 2.44 bits per heavy atom. The Hall–Kier alpha value is -5.09. The average Bonchev–Trinajstić information content (AvgIpc) is 4.22. The van der Waals surface area contributed by atoms with E-state index in [-0.39, 0.29) is 37.2 Å². The minimum absolute atomic E-state index is 0.0216. The van der Waals surface area contributed by atoms with Gasteiger partial charge in [-0.15, -0.1) is 0 Å². The number of rotatable bonds is 10. The SMILES string of the molecule is COc1ccc2c(O[C@@H]3C[C@H]4C(=O)N[C@]5(C(=O)NS(=O)(=O)C6CC6)C[C@H]5/C=C\CC[C@@H](C)C[C@@H](C)[C@H](N(C(=O)O)[C@H]5CC6C[C@H]6C5)C(=O)N4C3)nc(-c3ccc(OC)c(Cl)c3)cc2c1. The van der Waals surface area contributed by atoms with Gasteiger partial charge in [-0.05, 0) is 129 Å². The number of carbonyl (C=O) groups excluding carboxylic acids is 3. The highest BCUT2D eigenvalue weighted by molar-refractivity contribution is 7.91. The first-order chi connectivity index (χ1) is 30.6.